The molecule has 0 saturated carbocycles. The molecule has 0 saturated heterocycles. The predicted octanol–water partition coefficient (Wildman–Crippen LogP) is 3.06. The molecule has 2 N–H and O–H groups in total. The summed E-state index contributed by atoms with van der Waals surface area (Å²) < 4.78 is 13.8. The Bertz CT molecular complexity index is 546. The van der Waals surface area contributed by atoms with Gasteiger partial charge in [-0.2, -0.15) is 0 Å². The van der Waals surface area contributed by atoms with Crippen LogP contribution in [0.25, 0.3) is 11.3 Å². The van der Waals surface area contributed by atoms with Crippen molar-refractivity contribution in [3.63, 3.8) is 0 Å². The number of hydrogen-bond acceptors (Lipinski definition) is 2. The Labute approximate surface area is 113 Å². The molecular formula is C15H20FN3. The van der Waals surface area contributed by atoms with Crippen molar-refractivity contribution in [1.82, 2.24) is 15.3 Å². The maximum atomic E-state index is 13.8. The average Bonchev–Trinajstić information content (AvgIpc) is 2.70. The number of benzene rings is 1. The molecule has 0 aliphatic carbocycles. The van der Waals surface area contributed by atoms with Gasteiger partial charge in [-0.1, -0.05) is 26.0 Å². The molecular weight excluding hydrogens is 241 g/mol. The normalized spacial score (nSPS) is 11.2. The van der Waals surface area contributed by atoms with Gasteiger partial charge in [0.1, 0.15) is 11.6 Å². The summed E-state index contributed by atoms with van der Waals surface area (Å²) in [6, 6.07) is 7.20. The average molecular weight is 261 g/mol. The first-order valence-electron chi connectivity index (χ1n) is 6.61. The van der Waals surface area contributed by atoms with Gasteiger partial charge in [0.2, 0.25) is 0 Å². The van der Waals surface area contributed by atoms with Crippen molar-refractivity contribution >= 4 is 0 Å². The van der Waals surface area contributed by atoms with Crippen LogP contribution in [0.4, 0.5) is 4.39 Å². The first-order chi connectivity index (χ1) is 9.08. The van der Waals surface area contributed by atoms with Crippen LogP contribution in [0.3, 0.4) is 0 Å². The third-order valence-electron chi connectivity index (χ3n) is 2.98. The number of imidazole rings is 1. The summed E-state index contributed by atoms with van der Waals surface area (Å²) in [5.41, 5.74) is 2.17. The largest absolute Gasteiger partial charge is 0.346 e. The second-order valence-electron chi connectivity index (χ2n) is 5.00. The third-order valence-corrected chi connectivity index (χ3v) is 2.98. The van der Waals surface area contributed by atoms with E-state index in [0.29, 0.717) is 17.3 Å². The highest BCUT2D eigenvalue weighted by molar-refractivity contribution is 5.62. The molecule has 0 radical (unpaired) electrons. The van der Waals surface area contributed by atoms with Crippen LogP contribution in [0.2, 0.25) is 0 Å². The molecule has 0 amide bonds. The Balaban J connectivity index is 2.15. The predicted molar refractivity (Wildman–Crippen MR) is 75.6 cm³/mol. The van der Waals surface area contributed by atoms with E-state index in [1.54, 1.807) is 12.1 Å². The van der Waals surface area contributed by atoms with Crippen LogP contribution in [0, 0.1) is 12.7 Å². The number of aromatic amines is 1. The van der Waals surface area contributed by atoms with Crippen LogP contribution in [-0.2, 0) is 6.42 Å². The zero-order chi connectivity index (χ0) is 13.8. The monoisotopic (exact) mass is 261 g/mol. The number of hydrogen-bond donors (Lipinski definition) is 2. The quantitative estimate of drug-likeness (QED) is 0.868. The number of H-pyrrole nitrogens is 1. The summed E-state index contributed by atoms with van der Waals surface area (Å²) in [6.45, 7) is 7.01. The molecule has 19 heavy (non-hydrogen) atoms. The lowest BCUT2D eigenvalue weighted by atomic mass is 10.1. The van der Waals surface area contributed by atoms with Crippen molar-refractivity contribution in [2.45, 2.75) is 33.2 Å². The van der Waals surface area contributed by atoms with Crippen LogP contribution in [0.5, 0.6) is 0 Å². The first kappa shape index (κ1) is 13.7. The Kier molecular flexibility index (Phi) is 4.32. The van der Waals surface area contributed by atoms with Crippen molar-refractivity contribution in [3.05, 3.63) is 41.6 Å². The SMILES string of the molecule is Cc1[nH]c(CCNC(C)C)nc1-c1ccccc1F. The van der Waals surface area contributed by atoms with Gasteiger partial charge in [-0.05, 0) is 19.1 Å². The van der Waals surface area contributed by atoms with Crippen LogP contribution in [0.15, 0.2) is 24.3 Å². The minimum atomic E-state index is -0.232. The summed E-state index contributed by atoms with van der Waals surface area (Å²) >= 11 is 0. The van der Waals surface area contributed by atoms with Crippen molar-refractivity contribution in [2.75, 3.05) is 6.54 Å². The molecule has 2 aromatic rings. The van der Waals surface area contributed by atoms with E-state index in [-0.39, 0.29) is 5.82 Å². The van der Waals surface area contributed by atoms with E-state index in [0.717, 1.165) is 24.5 Å². The topological polar surface area (TPSA) is 40.7 Å². The summed E-state index contributed by atoms with van der Waals surface area (Å²) in [5.74, 6) is 0.660. The highest BCUT2D eigenvalue weighted by atomic mass is 19.1. The summed E-state index contributed by atoms with van der Waals surface area (Å²) in [6.07, 6.45) is 0.813. The fourth-order valence-corrected chi connectivity index (χ4v) is 2.04. The van der Waals surface area contributed by atoms with Crippen molar-refractivity contribution in [3.8, 4) is 11.3 Å². The molecule has 1 heterocycles. The number of rotatable bonds is 5. The molecule has 0 aliphatic heterocycles. The molecule has 0 atom stereocenters. The maximum Gasteiger partial charge on any atom is 0.132 e. The van der Waals surface area contributed by atoms with Crippen LogP contribution >= 0.6 is 0 Å². The highest BCUT2D eigenvalue weighted by Gasteiger charge is 2.12. The minimum Gasteiger partial charge on any atom is -0.346 e. The van der Waals surface area contributed by atoms with Gasteiger partial charge < -0.3 is 10.3 Å². The van der Waals surface area contributed by atoms with E-state index in [4.69, 9.17) is 0 Å². The lowest BCUT2D eigenvalue weighted by Gasteiger charge is -2.05. The van der Waals surface area contributed by atoms with Gasteiger partial charge in [0.05, 0.1) is 5.69 Å². The highest BCUT2D eigenvalue weighted by Crippen LogP contribution is 2.23. The van der Waals surface area contributed by atoms with Gasteiger partial charge >= 0.3 is 0 Å². The smallest absolute Gasteiger partial charge is 0.132 e. The number of aromatic nitrogens is 2. The Morgan fingerprint density at radius 3 is 2.74 bits per heavy atom. The molecule has 0 unspecified atom stereocenters. The lowest BCUT2D eigenvalue weighted by molar-refractivity contribution is 0.584. The van der Waals surface area contributed by atoms with E-state index in [2.05, 4.69) is 29.1 Å². The van der Waals surface area contributed by atoms with E-state index in [1.165, 1.54) is 6.07 Å². The van der Waals surface area contributed by atoms with Crippen LogP contribution in [-0.4, -0.2) is 22.6 Å². The molecule has 102 valence electrons. The molecule has 0 fully saturated rings. The molecule has 0 spiro atoms. The summed E-state index contributed by atoms with van der Waals surface area (Å²) in [7, 11) is 0. The maximum absolute atomic E-state index is 13.8. The molecule has 3 nitrogen and oxygen atoms in total. The van der Waals surface area contributed by atoms with Gasteiger partial charge in [-0.15, -0.1) is 0 Å². The second-order valence-corrected chi connectivity index (χ2v) is 5.00. The number of aryl methyl sites for hydroxylation is 1. The fourth-order valence-electron chi connectivity index (χ4n) is 2.04. The van der Waals surface area contributed by atoms with Gasteiger partial charge in [0.25, 0.3) is 0 Å². The lowest BCUT2D eigenvalue weighted by Crippen LogP contribution is -2.25. The van der Waals surface area contributed by atoms with Gasteiger partial charge in [-0.25, -0.2) is 9.37 Å². The molecule has 0 aliphatic rings. The van der Waals surface area contributed by atoms with E-state index in [1.807, 2.05) is 13.0 Å². The summed E-state index contributed by atoms with van der Waals surface area (Å²) in [4.78, 5) is 7.73. The number of nitrogens with zero attached hydrogens (tertiary/aromatic N) is 1. The Morgan fingerprint density at radius 1 is 1.32 bits per heavy atom. The standard InChI is InChI=1S/C15H20FN3/c1-10(2)17-9-8-14-18-11(3)15(19-14)12-6-4-5-7-13(12)16/h4-7,10,17H,8-9H2,1-3H3,(H,18,19). The Hall–Kier alpha value is -1.68. The molecule has 0 bridgehead atoms. The Morgan fingerprint density at radius 2 is 2.05 bits per heavy atom. The van der Waals surface area contributed by atoms with Crippen molar-refractivity contribution in [2.24, 2.45) is 0 Å². The zero-order valence-electron chi connectivity index (χ0n) is 11.6. The van der Waals surface area contributed by atoms with E-state index >= 15 is 0 Å². The van der Waals surface area contributed by atoms with E-state index in [9.17, 15) is 4.39 Å². The second kappa shape index (κ2) is 5.97. The van der Waals surface area contributed by atoms with Gasteiger partial charge in [-0.3, -0.25) is 0 Å². The van der Waals surface area contributed by atoms with Gasteiger partial charge in [0.15, 0.2) is 0 Å². The molecule has 2 rings (SSSR count). The molecule has 1 aromatic carbocycles. The number of nitrogens with one attached hydrogen (secondary N) is 2. The fraction of sp³-hybridized carbons (Fsp3) is 0.400. The summed E-state index contributed by atoms with van der Waals surface area (Å²) in [5, 5.41) is 3.34. The first-order valence-corrected chi connectivity index (χ1v) is 6.61. The van der Waals surface area contributed by atoms with Crippen LogP contribution < -0.4 is 5.32 Å². The van der Waals surface area contributed by atoms with E-state index < -0.39 is 0 Å². The number of halogens is 1. The van der Waals surface area contributed by atoms with Crippen molar-refractivity contribution < 1.29 is 4.39 Å². The third kappa shape index (κ3) is 3.41. The van der Waals surface area contributed by atoms with Crippen molar-refractivity contribution in [1.29, 1.82) is 0 Å². The molecule has 4 heteroatoms. The minimum absolute atomic E-state index is 0.232. The molecule has 1 aromatic heterocycles. The zero-order valence-corrected chi connectivity index (χ0v) is 11.6. The van der Waals surface area contributed by atoms with Crippen LogP contribution in [0.1, 0.15) is 25.4 Å². The van der Waals surface area contributed by atoms with Gasteiger partial charge in [0, 0.05) is 30.3 Å².